The SMILES string of the molecule is Cc1sc2ncnc(Nc3ccc(C(N)=O)cc3OC3CCOC3)c2c1C. The highest BCUT2D eigenvalue weighted by molar-refractivity contribution is 7.18. The third-order valence-corrected chi connectivity index (χ3v) is 5.78. The van der Waals surface area contributed by atoms with Crippen molar-refractivity contribution in [3.05, 3.63) is 40.5 Å². The first kappa shape index (κ1) is 17.7. The molecule has 7 nitrogen and oxygen atoms in total. The van der Waals surface area contributed by atoms with Crippen LogP contribution >= 0.6 is 11.3 Å². The quantitative estimate of drug-likeness (QED) is 0.700. The first-order chi connectivity index (χ1) is 13.0. The number of anilines is 2. The second-order valence-electron chi connectivity index (χ2n) is 6.49. The van der Waals surface area contributed by atoms with E-state index in [4.69, 9.17) is 15.2 Å². The van der Waals surface area contributed by atoms with Crippen LogP contribution in [0.4, 0.5) is 11.5 Å². The minimum absolute atomic E-state index is 0.0516. The van der Waals surface area contributed by atoms with Crippen molar-refractivity contribution in [1.82, 2.24) is 9.97 Å². The number of nitrogens with zero attached hydrogens (tertiary/aromatic N) is 2. The Kier molecular flexibility index (Phi) is 4.67. The normalized spacial score (nSPS) is 16.6. The van der Waals surface area contributed by atoms with Crippen LogP contribution in [0.5, 0.6) is 5.75 Å². The third kappa shape index (κ3) is 3.45. The number of thiophene rings is 1. The van der Waals surface area contributed by atoms with Gasteiger partial charge in [-0.25, -0.2) is 9.97 Å². The Morgan fingerprint density at radius 2 is 2.22 bits per heavy atom. The van der Waals surface area contributed by atoms with Gasteiger partial charge in [-0.1, -0.05) is 0 Å². The predicted molar refractivity (Wildman–Crippen MR) is 105 cm³/mol. The second kappa shape index (κ2) is 7.13. The first-order valence-corrected chi connectivity index (χ1v) is 9.50. The number of hydrogen-bond acceptors (Lipinski definition) is 7. The van der Waals surface area contributed by atoms with E-state index in [9.17, 15) is 4.79 Å². The number of primary amides is 1. The summed E-state index contributed by atoms with van der Waals surface area (Å²) in [4.78, 5) is 22.5. The molecule has 8 heteroatoms. The number of aromatic nitrogens is 2. The van der Waals surface area contributed by atoms with Crippen LogP contribution in [0, 0.1) is 13.8 Å². The molecule has 0 spiro atoms. The van der Waals surface area contributed by atoms with Gasteiger partial charge in [0, 0.05) is 16.9 Å². The molecule has 0 bridgehead atoms. The lowest BCUT2D eigenvalue weighted by Gasteiger charge is -2.17. The van der Waals surface area contributed by atoms with Crippen LogP contribution in [0.3, 0.4) is 0 Å². The molecule has 1 saturated heterocycles. The van der Waals surface area contributed by atoms with Crippen molar-refractivity contribution in [3.63, 3.8) is 0 Å². The maximum absolute atomic E-state index is 11.6. The molecule has 3 N–H and O–H groups in total. The van der Waals surface area contributed by atoms with Gasteiger partial charge in [0.15, 0.2) is 0 Å². The zero-order chi connectivity index (χ0) is 19.0. The van der Waals surface area contributed by atoms with Gasteiger partial charge in [-0.2, -0.15) is 0 Å². The van der Waals surface area contributed by atoms with E-state index in [1.54, 1.807) is 35.9 Å². The second-order valence-corrected chi connectivity index (χ2v) is 7.69. The molecule has 140 valence electrons. The summed E-state index contributed by atoms with van der Waals surface area (Å²) in [5.74, 6) is 0.766. The van der Waals surface area contributed by atoms with Crippen molar-refractivity contribution in [1.29, 1.82) is 0 Å². The minimum Gasteiger partial charge on any atom is -0.486 e. The Morgan fingerprint density at radius 1 is 1.37 bits per heavy atom. The molecule has 0 radical (unpaired) electrons. The molecule has 1 aliphatic heterocycles. The van der Waals surface area contributed by atoms with Crippen molar-refractivity contribution in [3.8, 4) is 5.75 Å². The highest BCUT2D eigenvalue weighted by atomic mass is 32.1. The van der Waals surface area contributed by atoms with Gasteiger partial charge < -0.3 is 20.5 Å². The van der Waals surface area contributed by atoms with Crippen LogP contribution in [0.15, 0.2) is 24.5 Å². The van der Waals surface area contributed by atoms with Crippen molar-refractivity contribution < 1.29 is 14.3 Å². The molecule has 0 saturated carbocycles. The molecule has 1 unspecified atom stereocenters. The summed E-state index contributed by atoms with van der Waals surface area (Å²) in [6.07, 6.45) is 2.30. The number of carbonyl (C=O) groups is 1. The third-order valence-electron chi connectivity index (χ3n) is 4.67. The van der Waals surface area contributed by atoms with E-state index in [-0.39, 0.29) is 6.10 Å². The molecule has 2 aromatic heterocycles. The van der Waals surface area contributed by atoms with E-state index >= 15 is 0 Å². The molecule has 3 heterocycles. The molecule has 4 rings (SSSR count). The van der Waals surface area contributed by atoms with E-state index in [2.05, 4.69) is 29.1 Å². The lowest BCUT2D eigenvalue weighted by Crippen LogP contribution is -2.18. The average molecular weight is 384 g/mol. The van der Waals surface area contributed by atoms with Gasteiger partial charge in [-0.05, 0) is 37.6 Å². The topological polar surface area (TPSA) is 99.4 Å². The van der Waals surface area contributed by atoms with E-state index in [0.717, 1.165) is 27.9 Å². The van der Waals surface area contributed by atoms with Crippen molar-refractivity contribution in [2.75, 3.05) is 18.5 Å². The van der Waals surface area contributed by atoms with Gasteiger partial charge in [-0.3, -0.25) is 4.79 Å². The van der Waals surface area contributed by atoms with Crippen molar-refractivity contribution >= 4 is 39.0 Å². The number of hydrogen-bond donors (Lipinski definition) is 2. The number of ether oxygens (including phenoxy) is 2. The summed E-state index contributed by atoms with van der Waals surface area (Å²) in [6.45, 7) is 5.33. The average Bonchev–Trinajstić information content (AvgIpc) is 3.25. The number of aryl methyl sites for hydroxylation is 2. The van der Waals surface area contributed by atoms with Gasteiger partial charge in [0.1, 0.15) is 28.8 Å². The zero-order valence-corrected chi connectivity index (χ0v) is 15.9. The van der Waals surface area contributed by atoms with Crippen LogP contribution in [0.25, 0.3) is 10.2 Å². The fourth-order valence-electron chi connectivity index (χ4n) is 3.07. The Labute approximate surface area is 160 Å². The molecule has 27 heavy (non-hydrogen) atoms. The Bertz CT molecular complexity index is 1010. The minimum atomic E-state index is -0.497. The number of fused-ring (bicyclic) bond motifs is 1. The first-order valence-electron chi connectivity index (χ1n) is 8.69. The molecule has 3 aromatic rings. The summed E-state index contributed by atoms with van der Waals surface area (Å²) in [5.41, 5.74) is 7.69. The van der Waals surface area contributed by atoms with Crippen LogP contribution in [0.1, 0.15) is 27.2 Å². The maximum atomic E-state index is 11.6. The number of amides is 1. The maximum Gasteiger partial charge on any atom is 0.248 e. The van der Waals surface area contributed by atoms with Crippen LogP contribution < -0.4 is 15.8 Å². The molecule has 1 atom stereocenters. The van der Waals surface area contributed by atoms with Gasteiger partial charge in [0.25, 0.3) is 0 Å². The summed E-state index contributed by atoms with van der Waals surface area (Å²) < 4.78 is 11.5. The number of nitrogens with one attached hydrogen (secondary N) is 1. The van der Waals surface area contributed by atoms with E-state index < -0.39 is 5.91 Å². The monoisotopic (exact) mass is 384 g/mol. The predicted octanol–water partition coefficient (Wildman–Crippen LogP) is 3.32. The smallest absolute Gasteiger partial charge is 0.248 e. The lowest BCUT2D eigenvalue weighted by atomic mass is 10.1. The number of carbonyl (C=O) groups excluding carboxylic acids is 1. The highest BCUT2D eigenvalue weighted by Gasteiger charge is 2.20. The van der Waals surface area contributed by atoms with Crippen LogP contribution in [0.2, 0.25) is 0 Å². The van der Waals surface area contributed by atoms with Crippen molar-refractivity contribution in [2.45, 2.75) is 26.4 Å². The van der Waals surface area contributed by atoms with Crippen LogP contribution in [-0.4, -0.2) is 35.2 Å². The van der Waals surface area contributed by atoms with E-state index in [0.29, 0.717) is 30.3 Å². The molecule has 1 fully saturated rings. The number of nitrogens with two attached hydrogens (primary N) is 1. The number of benzene rings is 1. The van der Waals surface area contributed by atoms with Gasteiger partial charge in [-0.15, -0.1) is 11.3 Å². The molecule has 1 aromatic carbocycles. The fourth-order valence-corrected chi connectivity index (χ4v) is 4.06. The molecule has 0 aliphatic carbocycles. The number of rotatable bonds is 5. The van der Waals surface area contributed by atoms with Gasteiger partial charge in [0.05, 0.1) is 24.3 Å². The van der Waals surface area contributed by atoms with Crippen LogP contribution in [-0.2, 0) is 4.74 Å². The zero-order valence-electron chi connectivity index (χ0n) is 15.1. The summed E-state index contributed by atoms with van der Waals surface area (Å²) in [5, 5.41) is 4.34. The molecular weight excluding hydrogens is 364 g/mol. The fraction of sp³-hybridized carbons (Fsp3) is 0.316. The van der Waals surface area contributed by atoms with Gasteiger partial charge in [0.2, 0.25) is 5.91 Å². The molecular formula is C19H20N4O3S. The van der Waals surface area contributed by atoms with E-state index in [1.165, 1.54) is 4.88 Å². The van der Waals surface area contributed by atoms with Gasteiger partial charge >= 0.3 is 0 Å². The summed E-state index contributed by atoms with van der Waals surface area (Å²) in [7, 11) is 0. The van der Waals surface area contributed by atoms with Crippen molar-refractivity contribution in [2.24, 2.45) is 5.73 Å². The Hall–Kier alpha value is -2.71. The Balaban J connectivity index is 1.74. The molecule has 1 amide bonds. The Morgan fingerprint density at radius 3 is 2.96 bits per heavy atom. The highest BCUT2D eigenvalue weighted by Crippen LogP contribution is 2.36. The summed E-state index contributed by atoms with van der Waals surface area (Å²) in [6, 6.07) is 5.12. The lowest BCUT2D eigenvalue weighted by molar-refractivity contribution is 0.0999. The standard InChI is InChI=1S/C19H20N4O3S/c1-10-11(2)27-19-16(10)18(21-9-22-19)23-14-4-3-12(17(20)24)7-15(14)26-13-5-6-25-8-13/h3-4,7,9,13H,5-6,8H2,1-2H3,(H2,20,24)(H,21,22,23). The summed E-state index contributed by atoms with van der Waals surface area (Å²) >= 11 is 1.64. The van der Waals surface area contributed by atoms with E-state index in [1.807, 2.05) is 0 Å². The largest absolute Gasteiger partial charge is 0.486 e. The molecule has 1 aliphatic rings.